The molecule has 2 rings (SSSR count). The lowest BCUT2D eigenvalue weighted by atomic mass is 10.2. The molecule has 0 aromatic carbocycles. The fraction of sp³-hybridized carbons (Fsp3) is 0.536. The van der Waals surface area contributed by atoms with Crippen LogP contribution in [0.25, 0.3) is 0 Å². The van der Waals surface area contributed by atoms with Crippen molar-refractivity contribution in [3.8, 4) is 11.8 Å². The summed E-state index contributed by atoms with van der Waals surface area (Å²) in [7, 11) is 1.55. The molecule has 3 N–H and O–H groups in total. The van der Waals surface area contributed by atoms with Crippen LogP contribution in [0.4, 0.5) is 22.2 Å². The van der Waals surface area contributed by atoms with Crippen molar-refractivity contribution < 1.29 is 14.3 Å². The molecular weight excluding hydrogens is 482 g/mol. The number of aromatic nitrogens is 3. The van der Waals surface area contributed by atoms with Gasteiger partial charge in [0.25, 0.3) is 0 Å². The molecule has 0 saturated carbocycles. The van der Waals surface area contributed by atoms with Gasteiger partial charge in [-0.3, -0.25) is 14.7 Å². The summed E-state index contributed by atoms with van der Waals surface area (Å²) in [6.07, 6.45) is 5.12. The minimum atomic E-state index is -0.646. The maximum Gasteiger partial charge on any atom is 0.410 e. The zero-order chi connectivity index (χ0) is 28.3. The van der Waals surface area contributed by atoms with Crippen LogP contribution in [0.15, 0.2) is 18.5 Å². The van der Waals surface area contributed by atoms with Gasteiger partial charge in [0.1, 0.15) is 17.5 Å². The molecule has 206 valence electrons. The van der Waals surface area contributed by atoms with Crippen molar-refractivity contribution in [2.45, 2.75) is 79.4 Å². The van der Waals surface area contributed by atoms with E-state index in [0.29, 0.717) is 36.7 Å². The molecule has 38 heavy (non-hydrogen) atoms. The number of pyridine rings is 1. The first-order valence-corrected chi connectivity index (χ1v) is 12.9. The van der Waals surface area contributed by atoms with E-state index in [4.69, 9.17) is 4.74 Å². The number of nitrogens with zero attached hydrogens (tertiary/aromatic N) is 4. The van der Waals surface area contributed by atoms with Crippen LogP contribution in [-0.2, 0) is 9.53 Å². The first kappa shape index (κ1) is 30.4. The molecule has 10 nitrogen and oxygen atoms in total. The van der Waals surface area contributed by atoms with Crippen LogP contribution in [-0.4, -0.2) is 63.6 Å². The summed E-state index contributed by atoms with van der Waals surface area (Å²) in [5.74, 6) is 7.16. The molecule has 2 heterocycles. The Balaban J connectivity index is 1.91. The number of unbranched alkanes of at least 4 members (excludes halogenated alkanes) is 1. The first-order chi connectivity index (χ1) is 17.9. The summed E-state index contributed by atoms with van der Waals surface area (Å²) in [5, 5.41) is 9.36. The van der Waals surface area contributed by atoms with Crippen molar-refractivity contribution in [3.05, 3.63) is 35.3 Å². The van der Waals surface area contributed by atoms with E-state index in [-0.39, 0.29) is 5.91 Å². The van der Waals surface area contributed by atoms with E-state index in [0.717, 1.165) is 29.9 Å². The van der Waals surface area contributed by atoms with E-state index >= 15 is 0 Å². The molecule has 2 amide bonds. The molecule has 0 aliphatic rings. The van der Waals surface area contributed by atoms with Crippen molar-refractivity contribution in [2.24, 2.45) is 0 Å². The quantitative estimate of drug-likeness (QED) is 0.306. The Bertz CT molecular complexity index is 1170. The summed E-state index contributed by atoms with van der Waals surface area (Å²) in [6, 6.07) is 1.36. The van der Waals surface area contributed by atoms with Gasteiger partial charge in [0.2, 0.25) is 11.9 Å². The number of carbonyl (C=O) groups excluding carboxylic acids is 2. The van der Waals surface area contributed by atoms with Crippen molar-refractivity contribution in [2.75, 3.05) is 30.8 Å². The number of anilines is 3. The average Bonchev–Trinajstić information content (AvgIpc) is 2.85. The molecule has 0 unspecified atom stereocenters. The highest BCUT2D eigenvalue weighted by Crippen LogP contribution is 2.18. The Morgan fingerprint density at radius 2 is 1.89 bits per heavy atom. The SMILES string of the molecule is CCCNc1nc(Nc2cnc(C)c(C)c2)ncc1C#CCCCNC(=O)[C@H](C)N(C)C(=O)OC(C)(C)C. The topological polar surface area (TPSA) is 121 Å². The largest absolute Gasteiger partial charge is 0.444 e. The van der Waals surface area contributed by atoms with E-state index in [2.05, 4.69) is 49.7 Å². The third-order valence-electron chi connectivity index (χ3n) is 5.57. The second-order valence-corrected chi connectivity index (χ2v) is 10.1. The summed E-state index contributed by atoms with van der Waals surface area (Å²) in [4.78, 5) is 39.3. The molecule has 2 aromatic rings. The number of nitrogens with one attached hydrogen (secondary N) is 3. The number of aryl methyl sites for hydroxylation is 2. The Kier molecular flexibility index (Phi) is 11.3. The summed E-state index contributed by atoms with van der Waals surface area (Å²) < 4.78 is 5.32. The third kappa shape index (κ3) is 9.88. The van der Waals surface area contributed by atoms with Crippen LogP contribution in [0.2, 0.25) is 0 Å². The molecule has 0 aliphatic carbocycles. The molecule has 0 aliphatic heterocycles. The zero-order valence-corrected chi connectivity index (χ0v) is 23.9. The minimum Gasteiger partial charge on any atom is -0.444 e. The number of hydrogen-bond acceptors (Lipinski definition) is 8. The van der Waals surface area contributed by atoms with Gasteiger partial charge in [0, 0.05) is 32.3 Å². The highest BCUT2D eigenvalue weighted by Gasteiger charge is 2.26. The van der Waals surface area contributed by atoms with Crippen molar-refractivity contribution in [3.63, 3.8) is 0 Å². The number of rotatable bonds is 10. The van der Waals surface area contributed by atoms with Gasteiger partial charge in [0.05, 0.1) is 23.6 Å². The summed E-state index contributed by atoms with van der Waals surface area (Å²) in [5.41, 5.74) is 2.98. The number of hydrogen-bond donors (Lipinski definition) is 3. The van der Waals surface area contributed by atoms with Gasteiger partial charge in [-0.1, -0.05) is 18.8 Å². The maximum atomic E-state index is 12.4. The van der Waals surface area contributed by atoms with Crippen LogP contribution in [0.3, 0.4) is 0 Å². The molecule has 0 spiro atoms. The lowest BCUT2D eigenvalue weighted by molar-refractivity contribution is -0.125. The first-order valence-electron chi connectivity index (χ1n) is 12.9. The fourth-order valence-electron chi connectivity index (χ4n) is 3.11. The summed E-state index contributed by atoms with van der Waals surface area (Å²) in [6.45, 7) is 14.3. The third-order valence-corrected chi connectivity index (χ3v) is 5.57. The zero-order valence-electron chi connectivity index (χ0n) is 23.9. The minimum absolute atomic E-state index is 0.243. The number of ether oxygens (including phenoxy) is 1. The predicted molar refractivity (Wildman–Crippen MR) is 150 cm³/mol. The molecule has 0 fully saturated rings. The average molecular weight is 524 g/mol. The van der Waals surface area contributed by atoms with Gasteiger partial charge in [-0.25, -0.2) is 9.78 Å². The van der Waals surface area contributed by atoms with Crippen LogP contribution >= 0.6 is 0 Å². The number of carbonyl (C=O) groups is 2. The van der Waals surface area contributed by atoms with E-state index in [1.165, 1.54) is 4.90 Å². The molecule has 10 heteroatoms. The van der Waals surface area contributed by atoms with E-state index < -0.39 is 17.7 Å². The Hall–Kier alpha value is -3.87. The lowest BCUT2D eigenvalue weighted by Gasteiger charge is -2.28. The Morgan fingerprint density at radius 1 is 1.16 bits per heavy atom. The van der Waals surface area contributed by atoms with Crippen LogP contribution in [0.5, 0.6) is 0 Å². The monoisotopic (exact) mass is 523 g/mol. The smallest absolute Gasteiger partial charge is 0.410 e. The van der Waals surface area contributed by atoms with Gasteiger partial charge >= 0.3 is 6.09 Å². The van der Waals surface area contributed by atoms with Crippen LogP contribution in [0, 0.1) is 25.7 Å². The number of amides is 2. The molecule has 0 radical (unpaired) electrons. The van der Waals surface area contributed by atoms with Gasteiger partial charge in [-0.05, 0) is 66.0 Å². The highest BCUT2D eigenvalue weighted by molar-refractivity contribution is 5.85. The van der Waals surface area contributed by atoms with Gasteiger partial charge in [0.15, 0.2) is 0 Å². The van der Waals surface area contributed by atoms with Crippen molar-refractivity contribution in [1.82, 2.24) is 25.2 Å². The van der Waals surface area contributed by atoms with E-state index in [1.54, 1.807) is 47.1 Å². The highest BCUT2D eigenvalue weighted by atomic mass is 16.6. The number of likely N-dealkylation sites (N-methyl/N-ethyl adjacent to an activating group) is 1. The molecule has 0 saturated heterocycles. The second-order valence-electron chi connectivity index (χ2n) is 10.1. The van der Waals surface area contributed by atoms with E-state index in [9.17, 15) is 9.59 Å². The standard InChI is InChI=1S/C28H41N7O3/c1-9-14-29-24-22(17-32-26(34-24)33-23-16-19(2)20(3)31-18-23)13-11-10-12-15-30-25(36)21(4)35(8)27(37)38-28(5,6)7/h16-18,21H,9-10,12,14-15H2,1-8H3,(H,30,36)(H2,29,32,33,34)/t21-/m0/s1. The molecule has 0 bridgehead atoms. The Labute approximate surface area is 226 Å². The van der Waals surface area contributed by atoms with Crippen molar-refractivity contribution >= 4 is 29.5 Å². The van der Waals surface area contributed by atoms with Gasteiger partial charge < -0.3 is 20.7 Å². The Morgan fingerprint density at radius 3 is 2.55 bits per heavy atom. The van der Waals surface area contributed by atoms with Crippen molar-refractivity contribution in [1.29, 1.82) is 0 Å². The van der Waals surface area contributed by atoms with Crippen LogP contribution < -0.4 is 16.0 Å². The summed E-state index contributed by atoms with van der Waals surface area (Å²) >= 11 is 0. The molecular formula is C28H41N7O3. The molecule has 1 atom stereocenters. The van der Waals surface area contributed by atoms with Crippen LogP contribution in [0.1, 0.15) is 70.7 Å². The van der Waals surface area contributed by atoms with Gasteiger partial charge in [-0.2, -0.15) is 4.98 Å². The van der Waals surface area contributed by atoms with E-state index in [1.807, 2.05) is 19.9 Å². The fourth-order valence-corrected chi connectivity index (χ4v) is 3.11. The molecule has 2 aromatic heterocycles. The van der Waals surface area contributed by atoms with Gasteiger partial charge in [-0.15, -0.1) is 0 Å². The normalized spacial score (nSPS) is 11.6. The second kappa shape index (κ2) is 14.2. The lowest BCUT2D eigenvalue weighted by Crippen LogP contribution is -2.47. The predicted octanol–water partition coefficient (Wildman–Crippen LogP) is 4.56. The maximum absolute atomic E-state index is 12.4.